The summed E-state index contributed by atoms with van der Waals surface area (Å²) >= 11 is 9.00. The average molecular weight is 380 g/mol. The van der Waals surface area contributed by atoms with Crippen LogP contribution in [0.25, 0.3) is 0 Å². The molecule has 2 aromatic heterocycles. The molecule has 0 bridgehead atoms. The van der Waals surface area contributed by atoms with Gasteiger partial charge in [-0.25, -0.2) is 18.1 Å². The van der Waals surface area contributed by atoms with Gasteiger partial charge in [0.2, 0.25) is 10.0 Å². The fourth-order valence-electron chi connectivity index (χ4n) is 1.67. The topological polar surface area (TPSA) is 76.9 Å². The van der Waals surface area contributed by atoms with Gasteiger partial charge in [-0.1, -0.05) is 11.6 Å². The van der Waals surface area contributed by atoms with E-state index in [1.54, 1.807) is 17.9 Å². The van der Waals surface area contributed by atoms with Crippen LogP contribution in [0.5, 0.6) is 0 Å². The van der Waals surface area contributed by atoms with E-state index in [0.717, 1.165) is 11.3 Å². The molecule has 6 nitrogen and oxygen atoms in total. The summed E-state index contributed by atoms with van der Waals surface area (Å²) < 4.78 is 29.1. The van der Waals surface area contributed by atoms with Crippen LogP contribution < -0.4 is 4.72 Å². The number of rotatable bonds is 4. The summed E-state index contributed by atoms with van der Waals surface area (Å²) in [6.07, 6.45) is 3.20. The van der Waals surface area contributed by atoms with Crippen LogP contribution in [-0.4, -0.2) is 23.2 Å². The molecule has 0 saturated heterocycles. The van der Waals surface area contributed by atoms with E-state index < -0.39 is 10.0 Å². The summed E-state index contributed by atoms with van der Waals surface area (Å²) in [5, 5.41) is 4.09. The van der Waals surface area contributed by atoms with Crippen LogP contribution in [0.2, 0.25) is 5.15 Å². The van der Waals surface area contributed by atoms with Crippen molar-refractivity contribution in [2.75, 3.05) is 0 Å². The highest BCUT2D eigenvalue weighted by molar-refractivity contribution is 9.10. The third-order valence-corrected chi connectivity index (χ3v) is 4.89. The number of sulfonamides is 1. The highest BCUT2D eigenvalue weighted by Gasteiger charge is 2.19. The van der Waals surface area contributed by atoms with Crippen LogP contribution >= 0.6 is 27.5 Å². The smallest absolute Gasteiger partial charge is 0.243 e. The summed E-state index contributed by atoms with van der Waals surface area (Å²) in [6, 6.07) is 1.41. The molecule has 0 amide bonds. The normalized spacial score (nSPS) is 11.8. The Balaban J connectivity index is 2.23. The number of nitrogens with one attached hydrogen (secondary N) is 1. The molecule has 0 saturated carbocycles. The third-order valence-electron chi connectivity index (χ3n) is 2.63. The molecule has 108 valence electrons. The van der Waals surface area contributed by atoms with E-state index in [0.29, 0.717) is 4.47 Å². The SMILES string of the molecule is Cc1nn(C)cc1CNS(=O)(=O)c1cc(Br)cnc1Cl. The predicted molar refractivity (Wildman–Crippen MR) is 78.9 cm³/mol. The Labute approximate surface area is 130 Å². The zero-order chi connectivity index (χ0) is 14.9. The second-order valence-corrected chi connectivity index (χ2v) is 7.19. The molecular weight excluding hydrogens is 368 g/mol. The second-order valence-electron chi connectivity index (χ2n) is 4.18. The number of pyridine rings is 1. The van der Waals surface area contributed by atoms with Gasteiger partial charge in [0.25, 0.3) is 0 Å². The lowest BCUT2D eigenvalue weighted by molar-refractivity contribution is 0.580. The lowest BCUT2D eigenvalue weighted by Crippen LogP contribution is -2.24. The van der Waals surface area contributed by atoms with Gasteiger partial charge >= 0.3 is 0 Å². The van der Waals surface area contributed by atoms with E-state index in [2.05, 4.69) is 30.7 Å². The molecular formula is C11H12BrClN4O2S. The number of aryl methyl sites for hydroxylation is 2. The monoisotopic (exact) mass is 378 g/mol. The van der Waals surface area contributed by atoms with Gasteiger partial charge in [0.05, 0.1) is 5.69 Å². The maximum absolute atomic E-state index is 12.2. The van der Waals surface area contributed by atoms with E-state index in [-0.39, 0.29) is 16.6 Å². The molecule has 0 unspecified atom stereocenters. The summed E-state index contributed by atoms with van der Waals surface area (Å²) in [4.78, 5) is 3.74. The molecule has 0 aliphatic heterocycles. The van der Waals surface area contributed by atoms with Gasteiger partial charge in [0, 0.05) is 36.0 Å². The molecule has 20 heavy (non-hydrogen) atoms. The van der Waals surface area contributed by atoms with Gasteiger partial charge in [-0.3, -0.25) is 4.68 Å². The lowest BCUT2D eigenvalue weighted by atomic mass is 10.3. The van der Waals surface area contributed by atoms with Crippen LogP contribution in [0.3, 0.4) is 0 Å². The van der Waals surface area contributed by atoms with Crippen molar-refractivity contribution in [2.45, 2.75) is 18.4 Å². The highest BCUT2D eigenvalue weighted by Crippen LogP contribution is 2.22. The maximum Gasteiger partial charge on any atom is 0.243 e. The quantitative estimate of drug-likeness (QED) is 0.825. The van der Waals surface area contributed by atoms with Crippen LogP contribution in [-0.2, 0) is 23.6 Å². The van der Waals surface area contributed by atoms with Gasteiger partial charge in [-0.2, -0.15) is 5.10 Å². The predicted octanol–water partition coefficient (Wildman–Crippen LogP) is 2.02. The first-order chi connectivity index (χ1) is 9.29. The first-order valence-corrected chi connectivity index (χ1v) is 8.25. The van der Waals surface area contributed by atoms with Crippen molar-refractivity contribution in [3.8, 4) is 0 Å². The second kappa shape index (κ2) is 5.80. The van der Waals surface area contributed by atoms with Crippen molar-refractivity contribution in [1.82, 2.24) is 19.5 Å². The Morgan fingerprint density at radius 2 is 2.20 bits per heavy atom. The highest BCUT2D eigenvalue weighted by atomic mass is 79.9. The zero-order valence-electron chi connectivity index (χ0n) is 10.8. The molecule has 2 rings (SSSR count). The molecule has 0 spiro atoms. The Bertz CT molecular complexity index is 745. The van der Waals surface area contributed by atoms with E-state index in [1.165, 1.54) is 12.3 Å². The molecule has 0 atom stereocenters. The Hall–Kier alpha value is -0.960. The van der Waals surface area contributed by atoms with Crippen molar-refractivity contribution in [2.24, 2.45) is 7.05 Å². The summed E-state index contributed by atoms with van der Waals surface area (Å²) in [5.74, 6) is 0. The van der Waals surface area contributed by atoms with Crippen molar-refractivity contribution in [3.05, 3.63) is 39.3 Å². The summed E-state index contributed by atoms with van der Waals surface area (Å²) in [5.41, 5.74) is 1.57. The Morgan fingerprint density at radius 1 is 1.50 bits per heavy atom. The van der Waals surface area contributed by atoms with Crippen LogP contribution in [0.4, 0.5) is 0 Å². The van der Waals surface area contributed by atoms with Gasteiger partial charge in [-0.05, 0) is 28.9 Å². The van der Waals surface area contributed by atoms with Crippen molar-refractivity contribution in [1.29, 1.82) is 0 Å². The number of halogens is 2. The van der Waals surface area contributed by atoms with Crippen LogP contribution in [0.15, 0.2) is 27.8 Å². The number of aromatic nitrogens is 3. The molecule has 2 heterocycles. The molecule has 0 radical (unpaired) electrons. The van der Waals surface area contributed by atoms with Gasteiger partial charge < -0.3 is 0 Å². The number of nitrogens with zero attached hydrogens (tertiary/aromatic N) is 3. The molecule has 1 N–H and O–H groups in total. The Morgan fingerprint density at radius 3 is 2.80 bits per heavy atom. The fourth-order valence-corrected chi connectivity index (χ4v) is 3.61. The summed E-state index contributed by atoms with van der Waals surface area (Å²) in [6.45, 7) is 1.96. The fraction of sp³-hybridized carbons (Fsp3) is 0.273. The zero-order valence-corrected chi connectivity index (χ0v) is 13.9. The van der Waals surface area contributed by atoms with Gasteiger partial charge in [-0.15, -0.1) is 0 Å². The van der Waals surface area contributed by atoms with Gasteiger partial charge in [0.15, 0.2) is 0 Å². The molecule has 0 fully saturated rings. The van der Waals surface area contributed by atoms with E-state index in [4.69, 9.17) is 11.6 Å². The Kier molecular flexibility index (Phi) is 4.48. The third kappa shape index (κ3) is 3.38. The lowest BCUT2D eigenvalue weighted by Gasteiger charge is -2.07. The maximum atomic E-state index is 12.2. The summed E-state index contributed by atoms with van der Waals surface area (Å²) in [7, 11) is -1.95. The van der Waals surface area contributed by atoms with Crippen molar-refractivity contribution >= 4 is 37.6 Å². The first-order valence-electron chi connectivity index (χ1n) is 5.59. The van der Waals surface area contributed by atoms with E-state index >= 15 is 0 Å². The van der Waals surface area contributed by atoms with Crippen LogP contribution in [0.1, 0.15) is 11.3 Å². The minimum Gasteiger partial charge on any atom is -0.275 e. The van der Waals surface area contributed by atoms with Crippen LogP contribution in [0, 0.1) is 6.92 Å². The van der Waals surface area contributed by atoms with Crippen molar-refractivity contribution < 1.29 is 8.42 Å². The molecule has 9 heteroatoms. The molecule has 0 aliphatic rings. The number of hydrogen-bond donors (Lipinski definition) is 1. The van der Waals surface area contributed by atoms with E-state index in [9.17, 15) is 8.42 Å². The largest absolute Gasteiger partial charge is 0.275 e. The molecule has 2 aromatic rings. The number of hydrogen-bond acceptors (Lipinski definition) is 4. The minimum atomic E-state index is -3.73. The standard InChI is InChI=1S/C11H12BrClN4O2S/c1-7-8(6-17(2)16-7)4-15-20(18,19)10-3-9(12)5-14-11(10)13/h3,5-6,15H,4H2,1-2H3. The minimum absolute atomic E-state index is 0.0601. The average Bonchev–Trinajstić information content (AvgIpc) is 2.68. The first kappa shape index (κ1) is 15.4. The molecule has 0 aromatic carbocycles. The van der Waals surface area contributed by atoms with E-state index in [1.807, 2.05) is 6.92 Å². The van der Waals surface area contributed by atoms with Crippen molar-refractivity contribution in [3.63, 3.8) is 0 Å². The molecule has 0 aliphatic carbocycles. The van der Waals surface area contributed by atoms with Gasteiger partial charge in [0.1, 0.15) is 10.0 Å².